The summed E-state index contributed by atoms with van der Waals surface area (Å²) in [7, 11) is 0. The molecule has 2 aromatic rings. The van der Waals surface area contributed by atoms with Crippen LogP contribution >= 0.6 is 11.8 Å². The lowest BCUT2D eigenvalue weighted by Gasteiger charge is -2.02. The number of carbonyl (C=O) groups is 1. The molecule has 0 aliphatic heterocycles. The minimum Gasteiger partial charge on any atom is -0.468 e. The number of furan rings is 1. The predicted octanol–water partition coefficient (Wildman–Crippen LogP) is 3.69. The Balaban J connectivity index is 2.29. The first-order valence-corrected chi connectivity index (χ1v) is 5.49. The SMILES string of the molecule is Cc1occc1Sc1ccc(C=O)cc1F. The van der Waals surface area contributed by atoms with Crippen LogP contribution in [0.3, 0.4) is 0 Å². The third-order valence-electron chi connectivity index (χ3n) is 2.12. The average Bonchev–Trinajstić information content (AvgIpc) is 2.67. The molecule has 1 aromatic carbocycles. The summed E-state index contributed by atoms with van der Waals surface area (Å²) < 4.78 is 18.7. The van der Waals surface area contributed by atoms with Crippen molar-refractivity contribution in [2.24, 2.45) is 0 Å². The Morgan fingerprint density at radius 3 is 2.69 bits per heavy atom. The van der Waals surface area contributed by atoms with Gasteiger partial charge in [0, 0.05) is 10.5 Å². The molecule has 0 aliphatic rings. The van der Waals surface area contributed by atoms with Gasteiger partial charge in [-0.2, -0.15) is 0 Å². The van der Waals surface area contributed by atoms with E-state index in [1.165, 1.54) is 17.8 Å². The van der Waals surface area contributed by atoms with Crippen LogP contribution in [0.25, 0.3) is 0 Å². The van der Waals surface area contributed by atoms with Crippen molar-refractivity contribution in [1.82, 2.24) is 0 Å². The Hall–Kier alpha value is -1.55. The van der Waals surface area contributed by atoms with Gasteiger partial charge in [-0.1, -0.05) is 17.8 Å². The molecule has 2 nitrogen and oxygen atoms in total. The number of rotatable bonds is 3. The molecular formula is C12H9FO2S. The van der Waals surface area contributed by atoms with Crippen LogP contribution in [-0.2, 0) is 0 Å². The normalized spacial score (nSPS) is 10.4. The Morgan fingerprint density at radius 1 is 1.31 bits per heavy atom. The first-order chi connectivity index (χ1) is 7.70. The highest BCUT2D eigenvalue weighted by atomic mass is 32.2. The number of aldehydes is 1. The molecule has 0 unspecified atom stereocenters. The van der Waals surface area contributed by atoms with Crippen molar-refractivity contribution in [3.8, 4) is 0 Å². The summed E-state index contributed by atoms with van der Waals surface area (Å²) >= 11 is 1.28. The van der Waals surface area contributed by atoms with E-state index in [2.05, 4.69) is 0 Å². The van der Waals surface area contributed by atoms with Gasteiger partial charge in [-0.15, -0.1) is 0 Å². The summed E-state index contributed by atoms with van der Waals surface area (Å²) in [4.78, 5) is 11.8. The highest BCUT2D eigenvalue weighted by Gasteiger charge is 2.08. The minimum atomic E-state index is -0.393. The highest BCUT2D eigenvalue weighted by molar-refractivity contribution is 7.99. The Labute approximate surface area is 96.5 Å². The van der Waals surface area contributed by atoms with Crippen molar-refractivity contribution in [2.45, 2.75) is 16.7 Å². The maximum atomic E-state index is 13.6. The standard InChI is InChI=1S/C12H9FO2S/c1-8-11(4-5-15-8)16-12-3-2-9(7-14)6-10(12)13/h2-7H,1H3. The van der Waals surface area contributed by atoms with Crippen LogP contribution in [0.2, 0.25) is 0 Å². The second kappa shape index (κ2) is 4.53. The van der Waals surface area contributed by atoms with Crippen LogP contribution in [0.15, 0.2) is 44.7 Å². The summed E-state index contributed by atoms with van der Waals surface area (Å²) in [5, 5.41) is 0. The first kappa shape index (κ1) is 11.0. The third kappa shape index (κ3) is 2.17. The van der Waals surface area contributed by atoms with E-state index >= 15 is 0 Å². The molecule has 82 valence electrons. The van der Waals surface area contributed by atoms with Gasteiger partial charge in [0.05, 0.1) is 11.2 Å². The van der Waals surface area contributed by atoms with Crippen molar-refractivity contribution in [3.63, 3.8) is 0 Å². The van der Waals surface area contributed by atoms with E-state index in [-0.39, 0.29) is 0 Å². The second-order valence-electron chi connectivity index (χ2n) is 3.25. The number of hydrogen-bond acceptors (Lipinski definition) is 3. The number of hydrogen-bond donors (Lipinski definition) is 0. The van der Waals surface area contributed by atoms with Gasteiger partial charge in [0.2, 0.25) is 0 Å². The van der Waals surface area contributed by atoms with Gasteiger partial charge in [-0.3, -0.25) is 4.79 Å². The molecule has 0 spiro atoms. The zero-order valence-electron chi connectivity index (χ0n) is 8.57. The largest absolute Gasteiger partial charge is 0.468 e. The number of carbonyl (C=O) groups excluding carboxylic acids is 1. The van der Waals surface area contributed by atoms with E-state index in [1.807, 2.05) is 6.92 Å². The number of halogens is 1. The summed E-state index contributed by atoms with van der Waals surface area (Å²) in [5.41, 5.74) is 0.339. The Kier molecular flexibility index (Phi) is 3.10. The van der Waals surface area contributed by atoms with Crippen molar-refractivity contribution in [2.75, 3.05) is 0 Å². The van der Waals surface area contributed by atoms with Crippen LogP contribution in [0, 0.1) is 12.7 Å². The predicted molar refractivity (Wildman–Crippen MR) is 59.4 cm³/mol. The van der Waals surface area contributed by atoms with Gasteiger partial charge in [-0.05, 0) is 25.1 Å². The Morgan fingerprint density at radius 2 is 2.12 bits per heavy atom. The van der Waals surface area contributed by atoms with Gasteiger partial charge in [-0.25, -0.2) is 4.39 Å². The minimum absolute atomic E-state index is 0.339. The number of benzene rings is 1. The quantitative estimate of drug-likeness (QED) is 0.761. The molecule has 0 fully saturated rings. The van der Waals surface area contributed by atoms with E-state index in [1.54, 1.807) is 24.5 Å². The smallest absolute Gasteiger partial charge is 0.150 e. The fourth-order valence-corrected chi connectivity index (χ4v) is 2.12. The molecule has 1 heterocycles. The zero-order valence-corrected chi connectivity index (χ0v) is 9.38. The van der Waals surface area contributed by atoms with Gasteiger partial charge in [0.25, 0.3) is 0 Å². The molecule has 16 heavy (non-hydrogen) atoms. The lowest BCUT2D eigenvalue weighted by atomic mass is 10.2. The molecule has 0 saturated carbocycles. The van der Waals surface area contributed by atoms with E-state index in [4.69, 9.17) is 4.42 Å². The topological polar surface area (TPSA) is 30.2 Å². The summed E-state index contributed by atoms with van der Waals surface area (Å²) in [5.74, 6) is 0.360. The Bertz CT molecular complexity index is 519. The zero-order chi connectivity index (χ0) is 11.5. The third-order valence-corrected chi connectivity index (χ3v) is 3.32. The van der Waals surface area contributed by atoms with Crippen LogP contribution in [0.5, 0.6) is 0 Å². The lowest BCUT2D eigenvalue weighted by Crippen LogP contribution is -1.85. The molecule has 0 saturated heterocycles. The molecular weight excluding hydrogens is 227 g/mol. The maximum Gasteiger partial charge on any atom is 0.150 e. The molecule has 0 amide bonds. The molecule has 0 aliphatic carbocycles. The molecule has 0 N–H and O–H groups in total. The first-order valence-electron chi connectivity index (χ1n) is 4.67. The fraction of sp³-hybridized carbons (Fsp3) is 0.0833. The summed E-state index contributed by atoms with van der Waals surface area (Å²) in [6, 6.07) is 6.20. The fourth-order valence-electron chi connectivity index (χ4n) is 1.27. The monoisotopic (exact) mass is 236 g/mol. The molecule has 4 heteroatoms. The molecule has 0 bridgehead atoms. The van der Waals surface area contributed by atoms with Crippen molar-refractivity contribution in [1.29, 1.82) is 0 Å². The molecule has 0 atom stereocenters. The average molecular weight is 236 g/mol. The van der Waals surface area contributed by atoms with E-state index in [0.717, 1.165) is 10.7 Å². The van der Waals surface area contributed by atoms with Crippen LogP contribution in [-0.4, -0.2) is 6.29 Å². The molecule has 2 rings (SSSR count). The van der Waals surface area contributed by atoms with Gasteiger partial charge in [0.1, 0.15) is 17.9 Å². The van der Waals surface area contributed by atoms with E-state index < -0.39 is 5.82 Å². The summed E-state index contributed by atoms with van der Waals surface area (Å²) in [6.45, 7) is 1.82. The summed E-state index contributed by atoms with van der Waals surface area (Å²) in [6.07, 6.45) is 2.19. The molecule has 1 aromatic heterocycles. The van der Waals surface area contributed by atoms with E-state index in [0.29, 0.717) is 16.7 Å². The molecule has 0 radical (unpaired) electrons. The second-order valence-corrected chi connectivity index (χ2v) is 4.33. The van der Waals surface area contributed by atoms with Crippen molar-refractivity contribution < 1.29 is 13.6 Å². The van der Waals surface area contributed by atoms with Crippen molar-refractivity contribution in [3.05, 3.63) is 47.7 Å². The highest BCUT2D eigenvalue weighted by Crippen LogP contribution is 2.32. The lowest BCUT2D eigenvalue weighted by molar-refractivity contribution is 0.112. The van der Waals surface area contributed by atoms with Crippen molar-refractivity contribution >= 4 is 18.0 Å². The van der Waals surface area contributed by atoms with Crippen LogP contribution in [0.1, 0.15) is 16.1 Å². The van der Waals surface area contributed by atoms with Gasteiger partial charge >= 0.3 is 0 Å². The van der Waals surface area contributed by atoms with Gasteiger partial charge in [0.15, 0.2) is 0 Å². The van der Waals surface area contributed by atoms with Gasteiger partial charge < -0.3 is 4.42 Å². The van der Waals surface area contributed by atoms with Crippen LogP contribution < -0.4 is 0 Å². The maximum absolute atomic E-state index is 13.6. The van der Waals surface area contributed by atoms with Crippen LogP contribution in [0.4, 0.5) is 4.39 Å². The van der Waals surface area contributed by atoms with E-state index in [9.17, 15) is 9.18 Å². The number of aryl methyl sites for hydroxylation is 1.